The molecule has 1 aromatic carbocycles. The van der Waals surface area contributed by atoms with E-state index in [0.29, 0.717) is 68.2 Å². The maximum atomic E-state index is 13.1. The van der Waals surface area contributed by atoms with Gasteiger partial charge in [-0.1, -0.05) is 6.92 Å². The SMILES string of the molecule is CC[C@@H](C)Nc1nc(Nc2ccc(C(=O)N3CCOCC3)c3c2OCCO3)nc2[nH]cc(C)c12. The van der Waals surface area contributed by atoms with Crippen LogP contribution in [0, 0.1) is 6.92 Å². The number of nitrogens with zero attached hydrogens (tertiary/aromatic N) is 3. The van der Waals surface area contributed by atoms with E-state index in [9.17, 15) is 4.79 Å². The zero-order chi connectivity index (χ0) is 23.7. The highest BCUT2D eigenvalue weighted by Crippen LogP contribution is 2.42. The summed E-state index contributed by atoms with van der Waals surface area (Å²) >= 11 is 0. The van der Waals surface area contributed by atoms with Gasteiger partial charge in [-0.05, 0) is 38.0 Å². The molecule has 10 heteroatoms. The Labute approximate surface area is 198 Å². The van der Waals surface area contributed by atoms with Crippen molar-refractivity contribution in [3.63, 3.8) is 0 Å². The minimum absolute atomic E-state index is 0.0869. The average molecular weight is 467 g/mol. The molecule has 4 heterocycles. The van der Waals surface area contributed by atoms with Gasteiger partial charge in [-0.2, -0.15) is 9.97 Å². The van der Waals surface area contributed by atoms with E-state index < -0.39 is 0 Å². The van der Waals surface area contributed by atoms with Crippen molar-refractivity contribution in [2.24, 2.45) is 0 Å². The Balaban J connectivity index is 1.49. The molecule has 0 aliphatic carbocycles. The van der Waals surface area contributed by atoms with Crippen LogP contribution < -0.4 is 20.1 Å². The average Bonchev–Trinajstić information content (AvgIpc) is 3.25. The summed E-state index contributed by atoms with van der Waals surface area (Å²) in [7, 11) is 0. The predicted molar refractivity (Wildman–Crippen MR) is 129 cm³/mol. The van der Waals surface area contributed by atoms with Gasteiger partial charge in [0.25, 0.3) is 5.91 Å². The standard InChI is InChI=1S/C24H30N6O4/c1-4-15(3)26-22-18-14(2)13-25-21(18)28-24(29-22)27-17-6-5-16(19-20(17)34-12-11-33-19)23(31)30-7-9-32-10-8-30/h5-6,13,15H,4,7-12H2,1-3H3,(H3,25,26,27,28,29)/t15-/m1/s1. The molecule has 180 valence electrons. The van der Waals surface area contributed by atoms with Crippen LogP contribution in [0.25, 0.3) is 11.0 Å². The molecular weight excluding hydrogens is 436 g/mol. The molecule has 0 radical (unpaired) electrons. The second-order valence-corrected chi connectivity index (χ2v) is 8.59. The number of hydrogen-bond donors (Lipinski definition) is 3. The fourth-order valence-corrected chi connectivity index (χ4v) is 4.14. The molecule has 2 aliphatic heterocycles. The molecule has 1 fully saturated rings. The first-order chi connectivity index (χ1) is 16.5. The lowest BCUT2D eigenvalue weighted by molar-refractivity contribution is 0.0298. The third-order valence-electron chi connectivity index (χ3n) is 6.19. The lowest BCUT2D eigenvalue weighted by Gasteiger charge is -2.29. The zero-order valence-electron chi connectivity index (χ0n) is 19.7. The van der Waals surface area contributed by atoms with Crippen LogP contribution >= 0.6 is 0 Å². The molecule has 0 unspecified atom stereocenters. The highest BCUT2D eigenvalue weighted by molar-refractivity contribution is 5.99. The van der Waals surface area contributed by atoms with Crippen LogP contribution in [0.15, 0.2) is 18.3 Å². The molecule has 10 nitrogen and oxygen atoms in total. The van der Waals surface area contributed by atoms with Crippen molar-refractivity contribution < 1.29 is 19.0 Å². The van der Waals surface area contributed by atoms with Crippen LogP contribution in [0.4, 0.5) is 17.5 Å². The Morgan fingerprint density at radius 3 is 2.68 bits per heavy atom. The van der Waals surface area contributed by atoms with Gasteiger partial charge < -0.3 is 34.7 Å². The highest BCUT2D eigenvalue weighted by Gasteiger charge is 2.28. The second kappa shape index (κ2) is 9.38. The highest BCUT2D eigenvalue weighted by atomic mass is 16.6. The smallest absolute Gasteiger partial charge is 0.257 e. The molecule has 0 spiro atoms. The van der Waals surface area contributed by atoms with Crippen molar-refractivity contribution in [2.45, 2.75) is 33.2 Å². The summed E-state index contributed by atoms with van der Waals surface area (Å²) in [5.41, 5.74) is 2.95. The molecule has 3 N–H and O–H groups in total. The van der Waals surface area contributed by atoms with Gasteiger partial charge in [0, 0.05) is 25.3 Å². The van der Waals surface area contributed by atoms with Crippen molar-refractivity contribution in [3.8, 4) is 11.5 Å². The minimum Gasteiger partial charge on any atom is -0.485 e. The number of fused-ring (bicyclic) bond motifs is 2. The number of anilines is 3. The van der Waals surface area contributed by atoms with Gasteiger partial charge in [0.05, 0.1) is 29.9 Å². The summed E-state index contributed by atoms with van der Waals surface area (Å²) in [5, 5.41) is 7.73. The van der Waals surface area contributed by atoms with E-state index in [2.05, 4.69) is 34.4 Å². The monoisotopic (exact) mass is 466 g/mol. The van der Waals surface area contributed by atoms with Gasteiger partial charge in [0.15, 0.2) is 11.5 Å². The Kier molecular flexibility index (Phi) is 6.14. The summed E-state index contributed by atoms with van der Waals surface area (Å²) in [6.45, 7) is 9.25. The lowest BCUT2D eigenvalue weighted by Crippen LogP contribution is -2.41. The maximum absolute atomic E-state index is 13.1. The topological polar surface area (TPSA) is 114 Å². The third-order valence-corrected chi connectivity index (χ3v) is 6.19. The van der Waals surface area contributed by atoms with Crippen molar-refractivity contribution >= 4 is 34.4 Å². The van der Waals surface area contributed by atoms with Crippen LogP contribution in [-0.2, 0) is 4.74 Å². The van der Waals surface area contributed by atoms with Crippen molar-refractivity contribution in [3.05, 3.63) is 29.5 Å². The van der Waals surface area contributed by atoms with Crippen LogP contribution in [0.3, 0.4) is 0 Å². The lowest BCUT2D eigenvalue weighted by atomic mass is 10.1. The second-order valence-electron chi connectivity index (χ2n) is 8.59. The number of benzene rings is 1. The Hall–Kier alpha value is -3.53. The first kappa shape index (κ1) is 22.3. The number of aryl methyl sites for hydroxylation is 1. The molecule has 2 aromatic heterocycles. The summed E-state index contributed by atoms with van der Waals surface area (Å²) in [6.07, 6.45) is 2.89. The Bertz CT molecular complexity index is 1200. The number of ether oxygens (including phenoxy) is 3. The minimum atomic E-state index is -0.0869. The zero-order valence-corrected chi connectivity index (χ0v) is 19.7. The number of aromatic nitrogens is 3. The largest absolute Gasteiger partial charge is 0.485 e. The van der Waals surface area contributed by atoms with Gasteiger partial charge in [-0.15, -0.1) is 0 Å². The molecule has 2 aliphatic rings. The number of nitrogens with one attached hydrogen (secondary N) is 3. The van der Waals surface area contributed by atoms with Crippen LogP contribution in [0.2, 0.25) is 0 Å². The fraction of sp³-hybridized carbons (Fsp3) is 0.458. The van der Waals surface area contributed by atoms with E-state index in [0.717, 1.165) is 28.8 Å². The number of aromatic amines is 1. The number of rotatable bonds is 6. The van der Waals surface area contributed by atoms with E-state index in [1.165, 1.54) is 0 Å². The molecule has 5 rings (SSSR count). The molecule has 1 atom stereocenters. The fourth-order valence-electron chi connectivity index (χ4n) is 4.14. The van der Waals surface area contributed by atoms with Crippen LogP contribution in [-0.4, -0.2) is 71.3 Å². The summed E-state index contributed by atoms with van der Waals surface area (Å²) in [6, 6.07) is 3.84. The van der Waals surface area contributed by atoms with E-state index in [4.69, 9.17) is 19.2 Å². The first-order valence-electron chi connectivity index (χ1n) is 11.7. The number of H-pyrrole nitrogens is 1. The number of carbonyl (C=O) groups is 1. The van der Waals surface area contributed by atoms with E-state index in [-0.39, 0.29) is 11.9 Å². The number of morpholine rings is 1. The summed E-state index contributed by atoms with van der Waals surface area (Å²) in [4.78, 5) is 27.6. The van der Waals surface area contributed by atoms with Crippen molar-refractivity contribution in [1.82, 2.24) is 19.9 Å². The van der Waals surface area contributed by atoms with Gasteiger partial charge in [-0.25, -0.2) is 0 Å². The molecule has 34 heavy (non-hydrogen) atoms. The normalized spacial score (nSPS) is 16.4. The molecular formula is C24H30N6O4. The predicted octanol–water partition coefficient (Wildman–Crippen LogP) is 3.46. The van der Waals surface area contributed by atoms with Gasteiger partial charge in [0.2, 0.25) is 5.95 Å². The van der Waals surface area contributed by atoms with E-state index >= 15 is 0 Å². The van der Waals surface area contributed by atoms with Crippen molar-refractivity contribution in [1.29, 1.82) is 0 Å². The number of carbonyl (C=O) groups excluding carboxylic acids is 1. The Morgan fingerprint density at radius 1 is 1.15 bits per heavy atom. The number of hydrogen-bond acceptors (Lipinski definition) is 8. The van der Waals surface area contributed by atoms with Crippen LogP contribution in [0.5, 0.6) is 11.5 Å². The molecule has 3 aromatic rings. The third kappa shape index (κ3) is 4.21. The van der Waals surface area contributed by atoms with E-state index in [1.807, 2.05) is 19.2 Å². The number of amides is 1. The Morgan fingerprint density at radius 2 is 1.91 bits per heavy atom. The molecule has 0 bridgehead atoms. The van der Waals surface area contributed by atoms with E-state index in [1.54, 1.807) is 11.0 Å². The van der Waals surface area contributed by atoms with Crippen LogP contribution in [0.1, 0.15) is 36.2 Å². The maximum Gasteiger partial charge on any atom is 0.257 e. The van der Waals surface area contributed by atoms with Gasteiger partial charge >= 0.3 is 0 Å². The molecule has 1 amide bonds. The summed E-state index contributed by atoms with van der Waals surface area (Å²) < 4.78 is 17.2. The molecule has 0 saturated carbocycles. The van der Waals surface area contributed by atoms with Gasteiger partial charge in [0.1, 0.15) is 24.7 Å². The van der Waals surface area contributed by atoms with Gasteiger partial charge in [-0.3, -0.25) is 4.79 Å². The first-order valence-corrected chi connectivity index (χ1v) is 11.7. The quantitative estimate of drug-likeness (QED) is 0.506. The summed E-state index contributed by atoms with van der Waals surface area (Å²) in [5.74, 6) is 2.04. The molecule has 1 saturated heterocycles. The van der Waals surface area contributed by atoms with Crippen molar-refractivity contribution in [2.75, 3.05) is 50.2 Å².